The van der Waals surface area contributed by atoms with Gasteiger partial charge in [-0.15, -0.1) is 23.2 Å². The second-order valence-corrected chi connectivity index (χ2v) is 8.21. The number of benzene rings is 2. The van der Waals surface area contributed by atoms with Crippen molar-refractivity contribution in [1.82, 2.24) is 14.7 Å². The molecule has 0 saturated carbocycles. The topological polar surface area (TPSA) is 9.72 Å². The molecule has 0 aliphatic rings. The van der Waals surface area contributed by atoms with Crippen LogP contribution in [0.1, 0.15) is 22.3 Å². The monoisotopic (exact) mass is 421 g/mol. The van der Waals surface area contributed by atoms with Gasteiger partial charge in [0, 0.05) is 51.0 Å². The Morgan fingerprint density at radius 1 is 0.500 bits per heavy atom. The summed E-state index contributed by atoms with van der Waals surface area (Å²) in [7, 11) is 6.56. The highest BCUT2D eigenvalue weighted by Gasteiger charge is 2.06. The summed E-state index contributed by atoms with van der Waals surface area (Å²) < 4.78 is 0. The molecule has 5 heteroatoms. The molecule has 3 nitrogen and oxygen atoms in total. The fourth-order valence-electron chi connectivity index (χ4n) is 3.04. The predicted molar refractivity (Wildman–Crippen MR) is 122 cm³/mol. The van der Waals surface area contributed by atoms with Crippen LogP contribution in [0.2, 0.25) is 0 Å². The van der Waals surface area contributed by atoms with Gasteiger partial charge in [-0.05, 0) is 43.4 Å². The second-order valence-electron chi connectivity index (χ2n) is 7.68. The molecule has 0 unspecified atom stereocenters. The summed E-state index contributed by atoms with van der Waals surface area (Å²) in [6, 6.07) is 17.1. The van der Waals surface area contributed by atoms with E-state index in [0.29, 0.717) is 11.8 Å². The van der Waals surface area contributed by atoms with Gasteiger partial charge in [0.25, 0.3) is 0 Å². The predicted octanol–water partition coefficient (Wildman–Crippen LogP) is 4.66. The minimum absolute atomic E-state index is 0.577. The van der Waals surface area contributed by atoms with Crippen molar-refractivity contribution in [1.29, 1.82) is 0 Å². The van der Waals surface area contributed by atoms with Crippen molar-refractivity contribution in [2.75, 3.05) is 47.3 Å². The van der Waals surface area contributed by atoms with Gasteiger partial charge in [0.05, 0.1) is 0 Å². The minimum atomic E-state index is 0.577. The molecule has 0 bridgehead atoms. The zero-order valence-electron chi connectivity index (χ0n) is 17.4. The SMILES string of the molecule is CN(CCN(C)Cc1ccc(CCl)cc1)CCN(C)Cc1ccc(CCl)cc1. The summed E-state index contributed by atoms with van der Waals surface area (Å²) in [4.78, 5) is 7.14. The van der Waals surface area contributed by atoms with E-state index < -0.39 is 0 Å². The number of rotatable bonds is 12. The largest absolute Gasteiger partial charge is 0.304 e. The van der Waals surface area contributed by atoms with Gasteiger partial charge >= 0.3 is 0 Å². The molecule has 0 spiro atoms. The highest BCUT2D eigenvalue weighted by molar-refractivity contribution is 6.17. The zero-order chi connectivity index (χ0) is 20.4. The van der Waals surface area contributed by atoms with Crippen molar-refractivity contribution < 1.29 is 0 Å². The number of hydrogen-bond donors (Lipinski definition) is 0. The molecule has 2 aromatic rings. The second kappa shape index (κ2) is 12.5. The van der Waals surface area contributed by atoms with Crippen LogP contribution >= 0.6 is 23.2 Å². The lowest BCUT2D eigenvalue weighted by Gasteiger charge is -2.24. The van der Waals surface area contributed by atoms with E-state index in [1.807, 2.05) is 0 Å². The van der Waals surface area contributed by atoms with Crippen molar-refractivity contribution in [2.45, 2.75) is 24.8 Å². The van der Waals surface area contributed by atoms with Crippen molar-refractivity contribution in [2.24, 2.45) is 0 Å². The highest BCUT2D eigenvalue weighted by atomic mass is 35.5. The number of halogens is 2. The molecular formula is C23H33Cl2N3. The molecule has 28 heavy (non-hydrogen) atoms. The molecule has 0 heterocycles. The third-order valence-corrected chi connectivity index (χ3v) is 5.60. The summed E-state index contributed by atoms with van der Waals surface area (Å²) >= 11 is 11.7. The Bertz CT molecular complexity index is 614. The van der Waals surface area contributed by atoms with Crippen LogP contribution in [0.3, 0.4) is 0 Å². The lowest BCUT2D eigenvalue weighted by Crippen LogP contribution is -2.35. The third-order valence-electron chi connectivity index (χ3n) is 4.99. The van der Waals surface area contributed by atoms with E-state index in [9.17, 15) is 0 Å². The molecule has 0 saturated heterocycles. The first-order valence-corrected chi connectivity index (χ1v) is 10.9. The summed E-state index contributed by atoms with van der Waals surface area (Å²) in [5.41, 5.74) is 5.01. The van der Waals surface area contributed by atoms with E-state index in [1.165, 1.54) is 22.3 Å². The van der Waals surface area contributed by atoms with Gasteiger partial charge in [0.2, 0.25) is 0 Å². The molecule has 0 aromatic heterocycles. The molecule has 0 amide bonds. The molecule has 0 aliphatic carbocycles. The smallest absolute Gasteiger partial charge is 0.0474 e. The van der Waals surface area contributed by atoms with Crippen LogP contribution in [-0.2, 0) is 24.8 Å². The normalized spacial score (nSPS) is 11.7. The van der Waals surface area contributed by atoms with Crippen molar-refractivity contribution >= 4 is 23.2 Å². The Hall–Kier alpha value is -1.10. The van der Waals surface area contributed by atoms with Crippen molar-refractivity contribution in [3.05, 3.63) is 70.8 Å². The highest BCUT2D eigenvalue weighted by Crippen LogP contribution is 2.10. The number of alkyl halides is 2. The first-order valence-electron chi connectivity index (χ1n) is 9.83. The van der Waals surface area contributed by atoms with Gasteiger partial charge in [0.15, 0.2) is 0 Å². The van der Waals surface area contributed by atoms with Crippen LogP contribution in [0.4, 0.5) is 0 Å². The Morgan fingerprint density at radius 3 is 1.11 bits per heavy atom. The van der Waals surface area contributed by atoms with Crippen molar-refractivity contribution in [3.63, 3.8) is 0 Å². The maximum Gasteiger partial charge on any atom is 0.0474 e. The van der Waals surface area contributed by atoms with Gasteiger partial charge in [-0.25, -0.2) is 0 Å². The molecule has 2 aromatic carbocycles. The number of likely N-dealkylation sites (N-methyl/N-ethyl adjacent to an activating group) is 3. The van der Waals surface area contributed by atoms with Crippen LogP contribution in [0.25, 0.3) is 0 Å². The van der Waals surface area contributed by atoms with E-state index in [4.69, 9.17) is 23.2 Å². The van der Waals surface area contributed by atoms with E-state index in [0.717, 1.165) is 39.3 Å². The van der Waals surface area contributed by atoms with Crippen molar-refractivity contribution in [3.8, 4) is 0 Å². The molecule has 0 atom stereocenters. The van der Waals surface area contributed by atoms with Crippen LogP contribution in [0, 0.1) is 0 Å². The average molecular weight is 422 g/mol. The Balaban J connectivity index is 1.64. The average Bonchev–Trinajstić information content (AvgIpc) is 2.72. The Kier molecular flexibility index (Phi) is 10.3. The summed E-state index contributed by atoms with van der Waals surface area (Å²) in [5.74, 6) is 1.15. The number of nitrogens with zero attached hydrogens (tertiary/aromatic N) is 3. The molecule has 0 N–H and O–H groups in total. The fraction of sp³-hybridized carbons (Fsp3) is 0.478. The Morgan fingerprint density at radius 2 is 0.786 bits per heavy atom. The van der Waals surface area contributed by atoms with Crippen LogP contribution in [-0.4, -0.2) is 62.0 Å². The lowest BCUT2D eigenvalue weighted by molar-refractivity contribution is 0.221. The van der Waals surface area contributed by atoms with Gasteiger partial charge in [0.1, 0.15) is 0 Å². The maximum absolute atomic E-state index is 5.85. The third kappa shape index (κ3) is 8.50. The first kappa shape index (κ1) is 23.2. The van der Waals surface area contributed by atoms with Gasteiger partial charge in [-0.3, -0.25) is 0 Å². The molecule has 0 radical (unpaired) electrons. The number of hydrogen-bond acceptors (Lipinski definition) is 3. The van der Waals surface area contributed by atoms with Gasteiger partial charge in [-0.1, -0.05) is 48.5 Å². The molecule has 0 aliphatic heterocycles. The molecule has 154 valence electrons. The summed E-state index contributed by atoms with van der Waals surface area (Å²) in [6.45, 7) is 6.17. The Labute approximate surface area is 180 Å². The van der Waals surface area contributed by atoms with E-state index in [-0.39, 0.29) is 0 Å². The maximum atomic E-state index is 5.85. The van der Waals surface area contributed by atoms with Crippen LogP contribution < -0.4 is 0 Å². The van der Waals surface area contributed by atoms with Gasteiger partial charge in [-0.2, -0.15) is 0 Å². The van der Waals surface area contributed by atoms with Gasteiger partial charge < -0.3 is 14.7 Å². The van der Waals surface area contributed by atoms with Crippen LogP contribution in [0.5, 0.6) is 0 Å². The molecule has 2 rings (SSSR count). The zero-order valence-corrected chi connectivity index (χ0v) is 18.9. The van der Waals surface area contributed by atoms with Crippen LogP contribution in [0.15, 0.2) is 48.5 Å². The quantitative estimate of drug-likeness (QED) is 0.461. The first-order chi connectivity index (χ1) is 13.5. The standard InChI is InChI=1S/C23H33Cl2N3/c1-26(12-14-27(2)18-22-8-4-20(16-24)5-9-22)13-15-28(3)19-23-10-6-21(17-25)7-11-23/h4-11H,12-19H2,1-3H3. The van der Waals surface area contributed by atoms with E-state index in [1.54, 1.807) is 0 Å². The fourth-order valence-corrected chi connectivity index (χ4v) is 3.40. The molecular weight excluding hydrogens is 389 g/mol. The molecule has 0 fully saturated rings. The summed E-state index contributed by atoms with van der Waals surface area (Å²) in [5, 5.41) is 0. The van der Waals surface area contributed by atoms with E-state index in [2.05, 4.69) is 84.4 Å². The minimum Gasteiger partial charge on any atom is -0.304 e. The van der Waals surface area contributed by atoms with E-state index >= 15 is 0 Å². The summed E-state index contributed by atoms with van der Waals surface area (Å²) in [6.07, 6.45) is 0. The lowest BCUT2D eigenvalue weighted by atomic mass is 10.1.